The van der Waals surface area contributed by atoms with Crippen LogP contribution in [0.25, 0.3) is 11.6 Å². The van der Waals surface area contributed by atoms with Gasteiger partial charge in [0.2, 0.25) is 5.91 Å². The molecule has 4 aliphatic rings. The number of anilines is 1. The molecule has 35 heavy (non-hydrogen) atoms. The van der Waals surface area contributed by atoms with Gasteiger partial charge in [-0.2, -0.15) is 0 Å². The van der Waals surface area contributed by atoms with Crippen molar-refractivity contribution in [3.8, 4) is 0 Å². The highest BCUT2D eigenvalue weighted by Crippen LogP contribution is 2.57. The molecule has 0 aliphatic heterocycles. The molecular formula is C31H35NO3. The highest BCUT2D eigenvalue weighted by Gasteiger charge is 2.47. The van der Waals surface area contributed by atoms with Gasteiger partial charge in [-0.25, -0.2) is 4.79 Å². The van der Waals surface area contributed by atoms with E-state index in [-0.39, 0.29) is 23.2 Å². The largest absolute Gasteiger partial charge is 0.466 e. The third-order valence-electron chi connectivity index (χ3n) is 8.14. The van der Waals surface area contributed by atoms with Crippen molar-refractivity contribution in [3.05, 3.63) is 77.4 Å². The average Bonchev–Trinajstić information content (AvgIpc) is 2.90. The molecule has 0 radical (unpaired) electrons. The van der Waals surface area contributed by atoms with E-state index in [9.17, 15) is 9.59 Å². The molecule has 0 N–H and O–H groups in total. The molecule has 4 aliphatic carbocycles. The van der Waals surface area contributed by atoms with Crippen LogP contribution in [0.3, 0.4) is 0 Å². The molecule has 0 aromatic heterocycles. The van der Waals surface area contributed by atoms with Crippen LogP contribution in [-0.2, 0) is 14.3 Å². The number of esters is 1. The lowest BCUT2D eigenvalue weighted by Gasteiger charge is -2.52. The van der Waals surface area contributed by atoms with E-state index in [0.29, 0.717) is 0 Å². The molecule has 4 nitrogen and oxygen atoms in total. The molecule has 2 aromatic carbocycles. The number of rotatable bonds is 7. The van der Waals surface area contributed by atoms with E-state index in [4.69, 9.17) is 4.74 Å². The van der Waals surface area contributed by atoms with Gasteiger partial charge < -0.3 is 9.64 Å². The van der Waals surface area contributed by atoms with Crippen LogP contribution in [0.2, 0.25) is 0 Å². The van der Waals surface area contributed by atoms with Gasteiger partial charge in [-0.3, -0.25) is 4.79 Å². The lowest BCUT2D eigenvalue weighted by atomic mass is 9.56. The molecule has 0 unspecified atom stereocenters. The molecule has 0 atom stereocenters. The number of allylic oxidation sites excluding steroid dienone is 2. The molecule has 6 rings (SSSR count). The van der Waals surface area contributed by atoms with Crippen LogP contribution in [0.15, 0.2) is 66.2 Å². The van der Waals surface area contributed by atoms with Gasteiger partial charge in [0.1, 0.15) is 0 Å². The summed E-state index contributed by atoms with van der Waals surface area (Å²) in [7, 11) is 1.38. The summed E-state index contributed by atoms with van der Waals surface area (Å²) in [6.07, 6.45) is 13.1. The molecule has 182 valence electrons. The van der Waals surface area contributed by atoms with E-state index in [1.807, 2.05) is 24.3 Å². The zero-order valence-electron chi connectivity index (χ0n) is 20.7. The Morgan fingerprint density at radius 1 is 1.03 bits per heavy atom. The lowest BCUT2D eigenvalue weighted by Crippen LogP contribution is -2.49. The van der Waals surface area contributed by atoms with Gasteiger partial charge in [-0.05, 0) is 78.8 Å². The molecule has 0 saturated heterocycles. The molecule has 0 spiro atoms. The van der Waals surface area contributed by atoms with Crippen molar-refractivity contribution in [1.29, 1.82) is 0 Å². The maximum absolute atomic E-state index is 13.9. The van der Waals surface area contributed by atoms with Crippen molar-refractivity contribution < 1.29 is 14.3 Å². The van der Waals surface area contributed by atoms with Gasteiger partial charge in [0.05, 0.1) is 7.11 Å². The number of ether oxygens (including phenoxy) is 1. The third-order valence-corrected chi connectivity index (χ3v) is 8.14. The number of hydrogen-bond donors (Lipinski definition) is 0. The zero-order valence-corrected chi connectivity index (χ0v) is 20.7. The van der Waals surface area contributed by atoms with Crippen molar-refractivity contribution >= 4 is 29.2 Å². The second-order valence-electron chi connectivity index (χ2n) is 10.5. The highest BCUT2D eigenvalue weighted by molar-refractivity contribution is 5.96. The van der Waals surface area contributed by atoms with Crippen LogP contribution < -0.4 is 4.90 Å². The number of amides is 1. The zero-order chi connectivity index (χ0) is 24.3. The Hall–Kier alpha value is -3.14. The lowest BCUT2D eigenvalue weighted by molar-refractivity contribution is -0.134. The maximum Gasteiger partial charge on any atom is 0.330 e. The first-order valence-electron chi connectivity index (χ1n) is 13.0. The van der Waals surface area contributed by atoms with E-state index in [0.717, 1.165) is 69.2 Å². The third kappa shape index (κ3) is 5.12. The summed E-state index contributed by atoms with van der Waals surface area (Å²) in [6.45, 7) is 0.776. The SMILES string of the molecule is COC(=O)/C=C/c1cccc(N(CC23CCC(c4ccccc4)=C(C2)C3)C(=O)C2CCCCC2)c1. The Bertz CT molecular complexity index is 1130. The number of carbonyl (C=O) groups excluding carboxylic acids is 2. The molecule has 2 aromatic rings. The van der Waals surface area contributed by atoms with Gasteiger partial charge >= 0.3 is 5.97 Å². The first-order chi connectivity index (χ1) is 17.1. The first-order valence-corrected chi connectivity index (χ1v) is 13.0. The summed E-state index contributed by atoms with van der Waals surface area (Å²) in [6, 6.07) is 18.8. The normalized spacial score (nSPS) is 19.3. The number of fused-ring (bicyclic) bond motifs is 2. The van der Waals surface area contributed by atoms with Crippen molar-refractivity contribution in [3.63, 3.8) is 0 Å². The summed E-state index contributed by atoms with van der Waals surface area (Å²) in [5, 5.41) is 0. The monoisotopic (exact) mass is 469 g/mol. The summed E-state index contributed by atoms with van der Waals surface area (Å²) >= 11 is 0. The first kappa shape index (κ1) is 23.6. The molecule has 2 saturated carbocycles. The Kier molecular flexibility index (Phi) is 6.90. The Morgan fingerprint density at radius 3 is 2.49 bits per heavy atom. The number of hydrogen-bond acceptors (Lipinski definition) is 3. The Labute approximate surface area is 208 Å². The fraction of sp³-hybridized carbons (Fsp3) is 0.419. The fourth-order valence-electron chi connectivity index (χ4n) is 6.22. The second kappa shape index (κ2) is 10.2. The van der Waals surface area contributed by atoms with E-state index in [1.54, 1.807) is 11.6 Å². The molecular weight excluding hydrogens is 434 g/mol. The van der Waals surface area contributed by atoms with Gasteiger partial charge in [0, 0.05) is 24.2 Å². The molecule has 4 heteroatoms. The second-order valence-corrected chi connectivity index (χ2v) is 10.5. The van der Waals surface area contributed by atoms with E-state index in [2.05, 4.69) is 35.2 Å². The Morgan fingerprint density at radius 2 is 1.80 bits per heavy atom. The minimum Gasteiger partial charge on any atom is -0.466 e. The fourth-order valence-corrected chi connectivity index (χ4v) is 6.22. The predicted molar refractivity (Wildman–Crippen MR) is 141 cm³/mol. The van der Waals surface area contributed by atoms with Crippen LogP contribution in [0, 0.1) is 11.3 Å². The van der Waals surface area contributed by atoms with Crippen LogP contribution >= 0.6 is 0 Å². The van der Waals surface area contributed by atoms with Gasteiger partial charge in [-0.1, -0.05) is 67.3 Å². The van der Waals surface area contributed by atoms with Gasteiger partial charge in [0.25, 0.3) is 0 Å². The van der Waals surface area contributed by atoms with Gasteiger partial charge in [0.15, 0.2) is 0 Å². The summed E-state index contributed by atoms with van der Waals surface area (Å²) in [5.41, 5.74) is 6.46. The number of nitrogens with zero attached hydrogens (tertiary/aromatic N) is 1. The van der Waals surface area contributed by atoms with Crippen LogP contribution in [-0.4, -0.2) is 25.5 Å². The average molecular weight is 470 g/mol. The smallest absolute Gasteiger partial charge is 0.330 e. The van der Waals surface area contributed by atoms with Crippen LogP contribution in [0.1, 0.15) is 68.9 Å². The molecule has 2 fully saturated rings. The van der Waals surface area contributed by atoms with E-state index in [1.165, 1.54) is 30.7 Å². The summed E-state index contributed by atoms with van der Waals surface area (Å²) in [4.78, 5) is 27.5. The molecule has 0 heterocycles. The standard InChI is InChI=1S/C31H35NO3/c1-35-29(33)16-15-23-9-8-14-27(19-23)32(30(34)25-12-6-3-7-13-25)22-31-18-17-28(26(20-31)21-31)24-10-4-2-5-11-24/h2,4-5,8-11,14-16,19,25H,3,6-7,12-13,17-18,20-22H2,1H3/b16-15+. The van der Waals surface area contributed by atoms with Crippen molar-refractivity contribution in [2.45, 2.75) is 57.8 Å². The molecule has 2 bridgehead atoms. The van der Waals surface area contributed by atoms with Crippen molar-refractivity contribution in [2.24, 2.45) is 11.3 Å². The van der Waals surface area contributed by atoms with E-state index >= 15 is 0 Å². The quantitative estimate of drug-likeness (QED) is 0.330. The number of methoxy groups -OCH3 is 1. The predicted octanol–water partition coefficient (Wildman–Crippen LogP) is 6.81. The summed E-state index contributed by atoms with van der Waals surface area (Å²) in [5.74, 6) is 0.0158. The maximum atomic E-state index is 13.9. The minimum absolute atomic E-state index is 0.118. The van der Waals surface area contributed by atoms with Crippen molar-refractivity contribution in [2.75, 3.05) is 18.6 Å². The Balaban J connectivity index is 1.39. The van der Waals surface area contributed by atoms with E-state index < -0.39 is 0 Å². The van der Waals surface area contributed by atoms with Crippen molar-refractivity contribution in [1.82, 2.24) is 0 Å². The topological polar surface area (TPSA) is 46.6 Å². The van der Waals surface area contributed by atoms with Crippen LogP contribution in [0.5, 0.6) is 0 Å². The highest BCUT2D eigenvalue weighted by atomic mass is 16.5. The minimum atomic E-state index is -0.380. The van der Waals surface area contributed by atoms with Crippen LogP contribution in [0.4, 0.5) is 5.69 Å². The summed E-state index contributed by atoms with van der Waals surface area (Å²) < 4.78 is 4.73. The number of benzene rings is 2. The molecule has 1 amide bonds. The van der Waals surface area contributed by atoms with Gasteiger partial charge in [-0.15, -0.1) is 0 Å². The number of carbonyl (C=O) groups is 2.